The SMILES string of the molecule is Cc1ccc(-c2csc(-n3c(NC(=O)c4ccc(S(=O)(=O)N(C)C)cc4)cnc3C)n2)cc1. The summed E-state index contributed by atoms with van der Waals surface area (Å²) in [5, 5.41) is 5.50. The standard InChI is InChI=1S/C23H23N5O3S2/c1-15-5-7-17(8-6-15)20-14-32-23(25-20)28-16(2)24-13-21(28)26-22(29)18-9-11-19(12-10-18)33(30,31)27(3)4/h5-14H,1-4H3,(H,26,29). The van der Waals surface area contributed by atoms with Crippen molar-refractivity contribution in [2.75, 3.05) is 19.4 Å². The Hall–Kier alpha value is -3.34. The van der Waals surface area contributed by atoms with Crippen LogP contribution in [0.15, 0.2) is 65.0 Å². The minimum Gasteiger partial charge on any atom is -0.306 e. The number of aryl methyl sites for hydroxylation is 2. The van der Waals surface area contributed by atoms with Crippen LogP contribution in [-0.4, -0.2) is 47.3 Å². The highest BCUT2D eigenvalue weighted by Crippen LogP contribution is 2.28. The second-order valence-corrected chi connectivity index (χ2v) is 10.7. The molecular formula is C23H23N5O3S2. The lowest BCUT2D eigenvalue weighted by Crippen LogP contribution is -2.22. The first-order valence-electron chi connectivity index (χ1n) is 10.1. The number of carbonyl (C=O) groups excluding carboxylic acids is 1. The van der Waals surface area contributed by atoms with Crippen LogP contribution in [0.2, 0.25) is 0 Å². The Kier molecular flexibility index (Phi) is 6.15. The van der Waals surface area contributed by atoms with Crippen molar-refractivity contribution in [2.24, 2.45) is 0 Å². The van der Waals surface area contributed by atoms with E-state index in [1.165, 1.54) is 55.3 Å². The van der Waals surface area contributed by atoms with E-state index in [0.717, 1.165) is 15.6 Å². The van der Waals surface area contributed by atoms with Crippen LogP contribution in [0.5, 0.6) is 0 Å². The highest BCUT2D eigenvalue weighted by Gasteiger charge is 2.19. The van der Waals surface area contributed by atoms with Crippen molar-refractivity contribution < 1.29 is 13.2 Å². The molecule has 2 aromatic carbocycles. The molecule has 0 aliphatic rings. The fourth-order valence-corrected chi connectivity index (χ4v) is 4.97. The first-order chi connectivity index (χ1) is 15.7. The molecule has 0 spiro atoms. The summed E-state index contributed by atoms with van der Waals surface area (Å²) in [6, 6.07) is 13.9. The van der Waals surface area contributed by atoms with E-state index in [1.807, 2.05) is 43.5 Å². The van der Waals surface area contributed by atoms with Gasteiger partial charge in [0.15, 0.2) is 5.13 Å². The monoisotopic (exact) mass is 481 g/mol. The predicted molar refractivity (Wildman–Crippen MR) is 129 cm³/mol. The number of thiazole rings is 1. The molecule has 0 radical (unpaired) electrons. The van der Waals surface area contributed by atoms with Gasteiger partial charge >= 0.3 is 0 Å². The number of nitrogens with one attached hydrogen (secondary N) is 1. The topological polar surface area (TPSA) is 97.2 Å². The van der Waals surface area contributed by atoms with Gasteiger partial charge in [0.05, 0.1) is 16.8 Å². The van der Waals surface area contributed by atoms with Gasteiger partial charge in [-0.3, -0.25) is 9.36 Å². The number of aromatic nitrogens is 3. The van der Waals surface area contributed by atoms with Crippen molar-refractivity contribution >= 4 is 33.1 Å². The fourth-order valence-electron chi connectivity index (χ4n) is 3.18. The summed E-state index contributed by atoms with van der Waals surface area (Å²) in [6.07, 6.45) is 1.57. The molecule has 0 saturated carbocycles. The number of rotatable bonds is 6. The van der Waals surface area contributed by atoms with E-state index in [9.17, 15) is 13.2 Å². The Bertz CT molecular complexity index is 1400. The van der Waals surface area contributed by atoms with E-state index in [4.69, 9.17) is 4.98 Å². The molecule has 0 unspecified atom stereocenters. The highest BCUT2D eigenvalue weighted by molar-refractivity contribution is 7.89. The summed E-state index contributed by atoms with van der Waals surface area (Å²) in [7, 11) is -0.639. The second kappa shape index (κ2) is 8.89. The molecule has 10 heteroatoms. The smallest absolute Gasteiger partial charge is 0.256 e. The lowest BCUT2D eigenvalue weighted by Gasteiger charge is -2.12. The minimum absolute atomic E-state index is 0.122. The van der Waals surface area contributed by atoms with Gasteiger partial charge in [-0.25, -0.2) is 22.7 Å². The summed E-state index contributed by atoms with van der Waals surface area (Å²) < 4.78 is 27.4. The number of hydrogen-bond acceptors (Lipinski definition) is 6. The van der Waals surface area contributed by atoms with Crippen molar-refractivity contribution in [3.8, 4) is 16.4 Å². The summed E-state index contributed by atoms with van der Waals surface area (Å²) >= 11 is 1.45. The third-order valence-electron chi connectivity index (χ3n) is 5.11. The first kappa shape index (κ1) is 22.8. The maximum atomic E-state index is 12.8. The Morgan fingerprint density at radius 3 is 2.33 bits per heavy atom. The quantitative estimate of drug-likeness (QED) is 0.447. The number of benzene rings is 2. The lowest BCUT2D eigenvalue weighted by atomic mass is 10.1. The third kappa shape index (κ3) is 4.58. The molecule has 0 aliphatic heterocycles. The molecule has 0 saturated heterocycles. The van der Waals surface area contributed by atoms with E-state index in [-0.39, 0.29) is 10.8 Å². The second-order valence-electron chi connectivity index (χ2n) is 7.67. The number of anilines is 1. The molecule has 2 aromatic heterocycles. The molecule has 4 aromatic rings. The third-order valence-corrected chi connectivity index (χ3v) is 7.76. The van der Waals surface area contributed by atoms with Crippen LogP contribution in [0, 0.1) is 13.8 Å². The number of imidazole rings is 1. The molecule has 170 valence electrons. The predicted octanol–water partition coefficient (Wildman–Crippen LogP) is 4.12. The molecule has 1 amide bonds. The first-order valence-corrected chi connectivity index (χ1v) is 12.4. The Balaban J connectivity index is 1.58. The van der Waals surface area contributed by atoms with Gasteiger partial charge in [0.2, 0.25) is 10.0 Å². The molecule has 0 fully saturated rings. The fraction of sp³-hybridized carbons (Fsp3) is 0.174. The van der Waals surface area contributed by atoms with Crippen molar-refractivity contribution in [1.29, 1.82) is 0 Å². The Labute approximate surface area is 196 Å². The van der Waals surface area contributed by atoms with Crippen LogP contribution in [0.25, 0.3) is 16.4 Å². The van der Waals surface area contributed by atoms with Gasteiger partial charge in [-0.15, -0.1) is 11.3 Å². The highest BCUT2D eigenvalue weighted by atomic mass is 32.2. The zero-order valence-electron chi connectivity index (χ0n) is 18.6. The van der Waals surface area contributed by atoms with Crippen LogP contribution in [0.4, 0.5) is 5.82 Å². The molecule has 2 heterocycles. The molecule has 1 N–H and O–H groups in total. The van der Waals surface area contributed by atoms with Crippen LogP contribution >= 0.6 is 11.3 Å². The van der Waals surface area contributed by atoms with E-state index >= 15 is 0 Å². The molecule has 0 aliphatic carbocycles. The number of nitrogens with zero attached hydrogens (tertiary/aromatic N) is 4. The van der Waals surface area contributed by atoms with Crippen molar-refractivity contribution in [3.05, 3.63) is 77.1 Å². The Morgan fingerprint density at radius 2 is 1.70 bits per heavy atom. The maximum absolute atomic E-state index is 12.8. The minimum atomic E-state index is -3.56. The molecule has 33 heavy (non-hydrogen) atoms. The summed E-state index contributed by atoms with van der Waals surface area (Å²) in [5.74, 6) is 0.787. The number of sulfonamides is 1. The molecule has 8 nitrogen and oxygen atoms in total. The number of amides is 1. The average Bonchev–Trinajstić information content (AvgIpc) is 3.41. The van der Waals surface area contributed by atoms with Gasteiger partial charge < -0.3 is 5.32 Å². The molecule has 0 bridgehead atoms. The van der Waals surface area contributed by atoms with E-state index in [2.05, 4.69) is 10.3 Å². The summed E-state index contributed by atoms with van der Waals surface area (Å²) in [4.78, 5) is 22.0. The summed E-state index contributed by atoms with van der Waals surface area (Å²) in [5.41, 5.74) is 3.37. The zero-order chi connectivity index (χ0) is 23.8. The van der Waals surface area contributed by atoms with Gasteiger partial charge in [-0.05, 0) is 38.1 Å². The molecule has 0 atom stereocenters. The Morgan fingerprint density at radius 1 is 1.03 bits per heavy atom. The van der Waals surface area contributed by atoms with E-state index < -0.39 is 10.0 Å². The summed E-state index contributed by atoms with van der Waals surface area (Å²) in [6.45, 7) is 3.87. The van der Waals surface area contributed by atoms with Gasteiger partial charge in [-0.1, -0.05) is 29.8 Å². The number of hydrogen-bond donors (Lipinski definition) is 1. The molecule has 4 rings (SSSR count). The maximum Gasteiger partial charge on any atom is 0.256 e. The molecular weight excluding hydrogens is 458 g/mol. The van der Waals surface area contributed by atoms with Crippen molar-refractivity contribution in [3.63, 3.8) is 0 Å². The van der Waals surface area contributed by atoms with Gasteiger partial charge in [0, 0.05) is 30.6 Å². The van der Waals surface area contributed by atoms with E-state index in [0.29, 0.717) is 22.3 Å². The lowest BCUT2D eigenvalue weighted by molar-refractivity contribution is 0.102. The van der Waals surface area contributed by atoms with Gasteiger partial charge in [-0.2, -0.15) is 0 Å². The van der Waals surface area contributed by atoms with Gasteiger partial charge in [0.1, 0.15) is 11.6 Å². The van der Waals surface area contributed by atoms with Gasteiger partial charge in [0.25, 0.3) is 5.91 Å². The van der Waals surface area contributed by atoms with Crippen LogP contribution in [0.3, 0.4) is 0 Å². The largest absolute Gasteiger partial charge is 0.306 e. The van der Waals surface area contributed by atoms with Crippen LogP contribution in [0.1, 0.15) is 21.7 Å². The van der Waals surface area contributed by atoms with Crippen LogP contribution < -0.4 is 5.32 Å². The average molecular weight is 482 g/mol. The van der Waals surface area contributed by atoms with E-state index in [1.54, 1.807) is 10.8 Å². The zero-order valence-corrected chi connectivity index (χ0v) is 20.2. The normalized spacial score (nSPS) is 11.7. The van der Waals surface area contributed by atoms with Crippen LogP contribution in [-0.2, 0) is 10.0 Å². The number of carbonyl (C=O) groups is 1. The van der Waals surface area contributed by atoms with Crippen molar-refractivity contribution in [2.45, 2.75) is 18.7 Å². The van der Waals surface area contributed by atoms with Crippen molar-refractivity contribution in [1.82, 2.24) is 18.8 Å².